The number of nitrogens with two attached hydrogens (primary N) is 1. The molecule has 7 heteroatoms. The Morgan fingerprint density at radius 1 is 0.750 bits per heavy atom. The number of hydrogen-bond donors (Lipinski definition) is 1. The fourth-order valence-corrected chi connectivity index (χ4v) is 4.62. The van der Waals surface area contributed by atoms with Gasteiger partial charge in [0.25, 0.3) is 0 Å². The molecule has 3 unspecified atom stereocenters. The zero-order chi connectivity index (χ0) is 25.2. The van der Waals surface area contributed by atoms with Crippen molar-refractivity contribution in [2.45, 2.75) is 44.4 Å². The second-order valence-electron chi connectivity index (χ2n) is 8.73. The highest BCUT2D eigenvalue weighted by molar-refractivity contribution is 7.80. The molecule has 190 valence electrons. The third kappa shape index (κ3) is 7.20. The van der Waals surface area contributed by atoms with Crippen molar-refractivity contribution in [1.82, 2.24) is 0 Å². The van der Waals surface area contributed by atoms with E-state index >= 15 is 0 Å². The molecular weight excluding hydrogens is 474 g/mol. The molecule has 1 aliphatic heterocycles. The van der Waals surface area contributed by atoms with Gasteiger partial charge in [-0.05, 0) is 16.7 Å². The quantitative estimate of drug-likeness (QED) is 0.358. The molecule has 1 saturated heterocycles. The zero-order valence-electron chi connectivity index (χ0n) is 20.4. The van der Waals surface area contributed by atoms with Crippen LogP contribution in [-0.4, -0.2) is 43.3 Å². The monoisotopic (exact) mass is 507 g/mol. The Hall–Kier alpha value is -2.65. The Morgan fingerprint density at radius 2 is 1.22 bits per heavy atom. The van der Waals surface area contributed by atoms with Crippen LogP contribution < -0.4 is 5.73 Å². The summed E-state index contributed by atoms with van der Waals surface area (Å²) in [5.41, 5.74) is 9.45. The van der Waals surface area contributed by atoms with Crippen LogP contribution in [0.25, 0.3) is 0 Å². The van der Waals surface area contributed by atoms with E-state index in [0.29, 0.717) is 31.4 Å². The highest BCUT2D eigenvalue weighted by atomic mass is 32.1. The lowest BCUT2D eigenvalue weighted by atomic mass is 9.88. The van der Waals surface area contributed by atoms with Crippen LogP contribution in [0.3, 0.4) is 0 Å². The molecule has 0 radical (unpaired) electrons. The standard InChI is InChI=1S/C29H33NO5S/c1-31-29-27(34-19-23-15-9-4-10-16-23)25(28(30)36)26(33-18-22-13-7-3-8-14-22)24(35-29)20-32-17-21-11-5-2-6-12-21/h2-16,24-27,29H,17-20H2,1H3,(H2,30,36)/t24?,25?,26-,27?,29-/m0/s1. The zero-order valence-corrected chi connectivity index (χ0v) is 21.2. The van der Waals surface area contributed by atoms with Gasteiger partial charge in [-0.3, -0.25) is 0 Å². The summed E-state index contributed by atoms with van der Waals surface area (Å²) < 4.78 is 30.8. The molecule has 36 heavy (non-hydrogen) atoms. The second-order valence-corrected chi connectivity index (χ2v) is 9.20. The van der Waals surface area contributed by atoms with Gasteiger partial charge < -0.3 is 29.4 Å². The molecule has 2 N–H and O–H groups in total. The van der Waals surface area contributed by atoms with E-state index in [1.54, 1.807) is 7.11 Å². The first kappa shape index (κ1) is 26.4. The van der Waals surface area contributed by atoms with Gasteiger partial charge in [-0.1, -0.05) is 103 Å². The van der Waals surface area contributed by atoms with Gasteiger partial charge in [-0.2, -0.15) is 0 Å². The number of thiocarbonyl (C=S) groups is 1. The molecule has 6 nitrogen and oxygen atoms in total. The Labute approximate surface area is 218 Å². The van der Waals surface area contributed by atoms with E-state index in [1.807, 2.05) is 91.0 Å². The number of hydrogen-bond acceptors (Lipinski definition) is 6. The van der Waals surface area contributed by atoms with Crippen LogP contribution >= 0.6 is 12.2 Å². The Balaban J connectivity index is 1.52. The third-order valence-electron chi connectivity index (χ3n) is 6.18. The summed E-state index contributed by atoms with van der Waals surface area (Å²) in [6.07, 6.45) is -2.16. The number of ether oxygens (including phenoxy) is 5. The minimum atomic E-state index is -0.679. The van der Waals surface area contributed by atoms with Gasteiger partial charge in [0.2, 0.25) is 0 Å². The molecule has 0 aliphatic carbocycles. The van der Waals surface area contributed by atoms with E-state index in [-0.39, 0.29) is 0 Å². The van der Waals surface area contributed by atoms with Gasteiger partial charge in [-0.15, -0.1) is 0 Å². The SMILES string of the molecule is CO[C@H]1OC(COCc2ccccc2)[C@H](OCc2ccccc2)C(C(N)=S)C1OCc1ccccc1. The molecular formula is C29H33NO5S. The highest BCUT2D eigenvalue weighted by Gasteiger charge is 2.49. The van der Waals surface area contributed by atoms with E-state index in [2.05, 4.69) is 0 Å². The minimum absolute atomic E-state index is 0.290. The number of benzene rings is 3. The second kappa shape index (κ2) is 13.6. The van der Waals surface area contributed by atoms with E-state index in [4.69, 9.17) is 41.6 Å². The molecule has 0 aromatic heterocycles. The minimum Gasteiger partial charge on any atom is -0.393 e. The summed E-state index contributed by atoms with van der Waals surface area (Å²) in [6.45, 7) is 1.49. The molecule has 1 fully saturated rings. The lowest BCUT2D eigenvalue weighted by Crippen LogP contribution is -2.61. The average Bonchev–Trinajstić information content (AvgIpc) is 2.92. The first-order valence-corrected chi connectivity index (χ1v) is 12.5. The molecule has 0 spiro atoms. The van der Waals surface area contributed by atoms with Crippen molar-refractivity contribution in [3.63, 3.8) is 0 Å². The maximum absolute atomic E-state index is 6.43. The third-order valence-corrected chi connectivity index (χ3v) is 6.45. The lowest BCUT2D eigenvalue weighted by Gasteiger charge is -2.45. The molecule has 1 aliphatic rings. The molecule has 0 amide bonds. The van der Waals surface area contributed by atoms with Crippen LogP contribution in [0, 0.1) is 5.92 Å². The van der Waals surface area contributed by atoms with Crippen molar-refractivity contribution in [3.8, 4) is 0 Å². The van der Waals surface area contributed by atoms with Gasteiger partial charge in [-0.25, -0.2) is 0 Å². The first-order chi connectivity index (χ1) is 17.7. The maximum atomic E-state index is 6.43. The van der Waals surface area contributed by atoms with Crippen molar-refractivity contribution in [3.05, 3.63) is 108 Å². The van der Waals surface area contributed by atoms with E-state index in [9.17, 15) is 0 Å². The van der Waals surface area contributed by atoms with Gasteiger partial charge >= 0.3 is 0 Å². The summed E-state index contributed by atoms with van der Waals surface area (Å²) in [5, 5.41) is 0. The number of methoxy groups -OCH3 is 1. The number of rotatable bonds is 12. The van der Waals surface area contributed by atoms with Gasteiger partial charge in [0.15, 0.2) is 6.29 Å². The summed E-state index contributed by atoms with van der Waals surface area (Å²) in [5.74, 6) is -0.434. The van der Waals surface area contributed by atoms with E-state index < -0.39 is 30.5 Å². The van der Waals surface area contributed by atoms with Gasteiger partial charge in [0.1, 0.15) is 12.2 Å². The van der Waals surface area contributed by atoms with Crippen LogP contribution in [0.4, 0.5) is 0 Å². The van der Waals surface area contributed by atoms with Crippen LogP contribution in [0.2, 0.25) is 0 Å². The molecule has 3 aromatic carbocycles. The Bertz CT molecular complexity index is 1050. The van der Waals surface area contributed by atoms with Crippen molar-refractivity contribution in [2.24, 2.45) is 11.7 Å². The predicted octanol–water partition coefficient (Wildman–Crippen LogP) is 4.65. The maximum Gasteiger partial charge on any atom is 0.184 e. The van der Waals surface area contributed by atoms with E-state index in [1.165, 1.54) is 0 Å². The molecule has 1 heterocycles. The molecule has 0 saturated carbocycles. The molecule has 4 rings (SSSR count). The molecule has 5 atom stereocenters. The fourth-order valence-electron chi connectivity index (χ4n) is 4.36. The van der Waals surface area contributed by atoms with Crippen LogP contribution in [0.5, 0.6) is 0 Å². The average molecular weight is 508 g/mol. The fraction of sp³-hybridized carbons (Fsp3) is 0.345. The predicted molar refractivity (Wildman–Crippen MR) is 142 cm³/mol. The molecule has 0 bridgehead atoms. The summed E-state index contributed by atoms with van der Waals surface area (Å²) in [4.78, 5) is 0.296. The topological polar surface area (TPSA) is 72.2 Å². The highest BCUT2D eigenvalue weighted by Crippen LogP contribution is 2.33. The summed E-state index contributed by atoms with van der Waals surface area (Å²) in [7, 11) is 1.59. The lowest BCUT2D eigenvalue weighted by molar-refractivity contribution is -0.294. The smallest absolute Gasteiger partial charge is 0.184 e. The largest absolute Gasteiger partial charge is 0.393 e. The Kier molecular flexibility index (Phi) is 9.98. The van der Waals surface area contributed by atoms with Crippen LogP contribution in [0.1, 0.15) is 16.7 Å². The van der Waals surface area contributed by atoms with Crippen LogP contribution in [-0.2, 0) is 43.5 Å². The van der Waals surface area contributed by atoms with E-state index in [0.717, 1.165) is 16.7 Å². The van der Waals surface area contributed by atoms with Crippen molar-refractivity contribution in [1.29, 1.82) is 0 Å². The van der Waals surface area contributed by atoms with Crippen molar-refractivity contribution in [2.75, 3.05) is 13.7 Å². The van der Waals surface area contributed by atoms with Crippen molar-refractivity contribution < 1.29 is 23.7 Å². The Morgan fingerprint density at radius 3 is 1.69 bits per heavy atom. The summed E-state index contributed by atoms with van der Waals surface area (Å²) in [6, 6.07) is 29.9. The van der Waals surface area contributed by atoms with Gasteiger partial charge in [0.05, 0.1) is 43.4 Å². The summed E-state index contributed by atoms with van der Waals surface area (Å²) >= 11 is 5.54. The first-order valence-electron chi connectivity index (χ1n) is 12.1. The normalized spacial score (nSPS) is 23.9. The van der Waals surface area contributed by atoms with Crippen molar-refractivity contribution >= 4 is 17.2 Å². The van der Waals surface area contributed by atoms with Gasteiger partial charge in [0, 0.05) is 7.11 Å². The van der Waals surface area contributed by atoms with Crippen LogP contribution in [0.15, 0.2) is 91.0 Å². The molecule has 3 aromatic rings.